The van der Waals surface area contributed by atoms with Crippen LogP contribution in [0.5, 0.6) is 5.75 Å². The molecule has 0 radical (unpaired) electrons. The number of hydrogen-bond donors (Lipinski definition) is 1. The van der Waals surface area contributed by atoms with Crippen LogP contribution in [0.4, 0.5) is 11.4 Å². The number of carbonyl (C=O) groups excluding carboxylic acids is 2. The van der Waals surface area contributed by atoms with Gasteiger partial charge in [-0.15, -0.1) is 0 Å². The van der Waals surface area contributed by atoms with Crippen LogP contribution in [0.25, 0.3) is 0 Å². The third-order valence-electron chi connectivity index (χ3n) is 4.17. The van der Waals surface area contributed by atoms with E-state index in [2.05, 4.69) is 4.72 Å². The van der Waals surface area contributed by atoms with Gasteiger partial charge in [-0.3, -0.25) is 19.2 Å². The van der Waals surface area contributed by atoms with Gasteiger partial charge in [0, 0.05) is 12.8 Å². The maximum Gasteiger partial charge on any atom is 0.265 e. The second kappa shape index (κ2) is 7.98. The second-order valence-corrected chi connectivity index (χ2v) is 8.45. The molecule has 0 unspecified atom stereocenters. The number of halogens is 2. The van der Waals surface area contributed by atoms with Crippen molar-refractivity contribution in [1.29, 1.82) is 0 Å². The molecule has 1 heterocycles. The minimum Gasteiger partial charge on any atom is -0.495 e. The van der Waals surface area contributed by atoms with Crippen LogP contribution in [-0.2, 0) is 19.6 Å². The SMILES string of the molecule is COc1ccc(N2C(=O)CCCC2=O)cc1S(=O)(=O)Nc1cccc(Cl)c1Cl. The average Bonchev–Trinajstić information content (AvgIpc) is 2.65. The number of sulfonamides is 1. The zero-order valence-corrected chi connectivity index (χ0v) is 17.1. The molecule has 148 valence electrons. The number of benzene rings is 2. The molecule has 2 aromatic carbocycles. The van der Waals surface area contributed by atoms with E-state index >= 15 is 0 Å². The number of hydrogen-bond acceptors (Lipinski definition) is 5. The zero-order chi connectivity index (χ0) is 20.5. The van der Waals surface area contributed by atoms with Gasteiger partial charge in [-0.1, -0.05) is 29.3 Å². The minimum absolute atomic E-state index is 0.0456. The van der Waals surface area contributed by atoms with Gasteiger partial charge >= 0.3 is 0 Å². The first kappa shape index (κ1) is 20.4. The van der Waals surface area contributed by atoms with Gasteiger partial charge in [0.15, 0.2) is 0 Å². The van der Waals surface area contributed by atoms with Gasteiger partial charge < -0.3 is 4.74 Å². The van der Waals surface area contributed by atoms with E-state index < -0.39 is 10.0 Å². The highest BCUT2D eigenvalue weighted by atomic mass is 35.5. The molecule has 28 heavy (non-hydrogen) atoms. The fourth-order valence-electron chi connectivity index (χ4n) is 2.84. The third-order valence-corrected chi connectivity index (χ3v) is 6.38. The standard InChI is InChI=1S/C18H16Cl2N2O5S/c1-27-14-9-8-11(22-16(23)6-3-7-17(22)24)10-15(14)28(25,26)21-13-5-2-4-12(19)18(13)20/h2,4-5,8-10,21H,3,6-7H2,1H3. The lowest BCUT2D eigenvalue weighted by Crippen LogP contribution is -2.40. The fraction of sp³-hybridized carbons (Fsp3) is 0.222. The summed E-state index contributed by atoms with van der Waals surface area (Å²) in [7, 11) is -2.84. The Morgan fingerprint density at radius 3 is 2.39 bits per heavy atom. The molecule has 0 aromatic heterocycles. The highest BCUT2D eigenvalue weighted by Gasteiger charge is 2.30. The number of piperidine rings is 1. The molecule has 1 fully saturated rings. The van der Waals surface area contributed by atoms with Gasteiger partial charge in [-0.2, -0.15) is 0 Å². The van der Waals surface area contributed by atoms with Crippen LogP contribution in [0, 0.1) is 0 Å². The Kier molecular flexibility index (Phi) is 5.83. The number of rotatable bonds is 5. The summed E-state index contributed by atoms with van der Waals surface area (Å²) in [5, 5.41) is 0.233. The van der Waals surface area contributed by atoms with E-state index in [1.54, 1.807) is 6.07 Å². The van der Waals surface area contributed by atoms with E-state index in [1.807, 2.05) is 0 Å². The van der Waals surface area contributed by atoms with Crippen molar-refractivity contribution in [3.63, 3.8) is 0 Å². The Morgan fingerprint density at radius 1 is 1.07 bits per heavy atom. The minimum atomic E-state index is -4.16. The van der Waals surface area contributed by atoms with Crippen LogP contribution >= 0.6 is 23.2 Å². The monoisotopic (exact) mass is 442 g/mol. The molecular formula is C18H16Cl2N2O5S. The maximum absolute atomic E-state index is 13.0. The normalized spacial score (nSPS) is 14.9. The van der Waals surface area contributed by atoms with Gasteiger partial charge in [-0.25, -0.2) is 8.42 Å². The molecule has 10 heteroatoms. The summed E-state index contributed by atoms with van der Waals surface area (Å²) in [6.07, 6.45) is 0.913. The van der Waals surface area contributed by atoms with E-state index in [-0.39, 0.29) is 56.7 Å². The Balaban J connectivity index is 2.05. The predicted molar refractivity (Wildman–Crippen MR) is 107 cm³/mol. The van der Waals surface area contributed by atoms with E-state index in [9.17, 15) is 18.0 Å². The Bertz CT molecular complexity index is 1040. The molecule has 2 amide bonds. The van der Waals surface area contributed by atoms with Gasteiger partial charge in [-0.05, 0) is 36.8 Å². The van der Waals surface area contributed by atoms with Crippen LogP contribution in [0.2, 0.25) is 10.0 Å². The van der Waals surface area contributed by atoms with Crippen molar-refractivity contribution in [2.45, 2.75) is 24.2 Å². The number of nitrogens with zero attached hydrogens (tertiary/aromatic N) is 1. The molecule has 7 nitrogen and oxygen atoms in total. The second-order valence-electron chi connectivity index (χ2n) is 6.02. The third kappa shape index (κ3) is 3.94. The van der Waals surface area contributed by atoms with Crippen LogP contribution in [0.15, 0.2) is 41.3 Å². The van der Waals surface area contributed by atoms with Gasteiger partial charge in [0.2, 0.25) is 11.8 Å². The summed E-state index contributed by atoms with van der Waals surface area (Å²) in [6, 6.07) is 8.60. The quantitative estimate of drug-likeness (QED) is 0.709. The summed E-state index contributed by atoms with van der Waals surface area (Å²) in [6.45, 7) is 0. The molecule has 1 aliphatic heterocycles. The van der Waals surface area contributed by atoms with Crippen molar-refractivity contribution in [1.82, 2.24) is 0 Å². The molecular weight excluding hydrogens is 427 g/mol. The Labute approximate surface area is 172 Å². The molecule has 2 aromatic rings. The Hall–Kier alpha value is -2.29. The Morgan fingerprint density at radius 2 is 1.75 bits per heavy atom. The van der Waals surface area contributed by atoms with Crippen LogP contribution in [0.3, 0.4) is 0 Å². The van der Waals surface area contributed by atoms with E-state index in [0.717, 1.165) is 4.90 Å². The largest absolute Gasteiger partial charge is 0.495 e. The molecule has 0 spiro atoms. The maximum atomic E-state index is 13.0. The summed E-state index contributed by atoms with van der Waals surface area (Å²) >= 11 is 12.0. The number of amides is 2. The fourth-order valence-corrected chi connectivity index (χ4v) is 4.50. The number of nitrogens with one attached hydrogen (secondary N) is 1. The van der Waals surface area contributed by atoms with Crippen molar-refractivity contribution in [2.24, 2.45) is 0 Å². The first-order valence-electron chi connectivity index (χ1n) is 8.25. The highest BCUT2D eigenvalue weighted by Crippen LogP contribution is 2.35. The molecule has 0 bridgehead atoms. The van der Waals surface area contributed by atoms with Gasteiger partial charge in [0.25, 0.3) is 10.0 Å². The lowest BCUT2D eigenvalue weighted by Gasteiger charge is -2.25. The van der Waals surface area contributed by atoms with Gasteiger partial charge in [0.1, 0.15) is 10.6 Å². The van der Waals surface area contributed by atoms with Crippen molar-refractivity contribution in [3.05, 3.63) is 46.4 Å². The van der Waals surface area contributed by atoms with Crippen LogP contribution in [0.1, 0.15) is 19.3 Å². The predicted octanol–water partition coefficient (Wildman–Crippen LogP) is 3.85. The molecule has 3 rings (SSSR count). The molecule has 1 aliphatic rings. The number of anilines is 2. The summed E-state index contributed by atoms with van der Waals surface area (Å²) in [5.74, 6) is -0.711. The highest BCUT2D eigenvalue weighted by molar-refractivity contribution is 7.92. The number of methoxy groups -OCH3 is 1. The van der Waals surface area contributed by atoms with Crippen molar-refractivity contribution >= 4 is 56.4 Å². The average molecular weight is 443 g/mol. The molecule has 0 saturated carbocycles. The lowest BCUT2D eigenvalue weighted by atomic mass is 10.1. The summed E-state index contributed by atoms with van der Waals surface area (Å²) in [4.78, 5) is 25.1. The zero-order valence-electron chi connectivity index (χ0n) is 14.7. The van der Waals surface area contributed by atoms with E-state index in [1.165, 1.54) is 37.4 Å². The van der Waals surface area contributed by atoms with Crippen molar-refractivity contribution < 1.29 is 22.7 Å². The molecule has 1 saturated heterocycles. The van der Waals surface area contributed by atoms with Crippen molar-refractivity contribution in [2.75, 3.05) is 16.7 Å². The first-order valence-corrected chi connectivity index (χ1v) is 10.5. The summed E-state index contributed by atoms with van der Waals surface area (Å²) < 4.78 is 33.4. The van der Waals surface area contributed by atoms with Crippen molar-refractivity contribution in [3.8, 4) is 5.75 Å². The number of carbonyl (C=O) groups is 2. The van der Waals surface area contributed by atoms with Crippen LogP contribution < -0.4 is 14.4 Å². The first-order chi connectivity index (χ1) is 13.2. The lowest BCUT2D eigenvalue weighted by molar-refractivity contribution is -0.129. The van der Waals surface area contributed by atoms with E-state index in [4.69, 9.17) is 27.9 Å². The molecule has 0 atom stereocenters. The molecule has 1 N–H and O–H groups in total. The smallest absolute Gasteiger partial charge is 0.265 e. The van der Waals surface area contributed by atoms with Gasteiger partial charge in [0.05, 0.1) is 28.5 Å². The number of ether oxygens (including phenoxy) is 1. The van der Waals surface area contributed by atoms with E-state index in [0.29, 0.717) is 6.42 Å². The molecule has 0 aliphatic carbocycles. The van der Waals surface area contributed by atoms with Crippen LogP contribution in [-0.4, -0.2) is 27.3 Å². The topological polar surface area (TPSA) is 92.8 Å². The number of imide groups is 1. The summed E-state index contributed by atoms with van der Waals surface area (Å²) in [5.41, 5.74) is 0.250.